The van der Waals surface area contributed by atoms with E-state index in [1.165, 1.54) is 10.4 Å². The average molecular weight is 252 g/mol. The van der Waals surface area contributed by atoms with Crippen molar-refractivity contribution in [3.05, 3.63) is 46.3 Å². The topological polar surface area (TPSA) is 12.0 Å². The maximum Gasteiger partial charge on any atom is 0.0451 e. The smallest absolute Gasteiger partial charge is 0.0451 e. The van der Waals surface area contributed by atoms with Gasteiger partial charge in [-0.1, -0.05) is 30.7 Å². The van der Waals surface area contributed by atoms with Gasteiger partial charge in [0.25, 0.3) is 0 Å². The lowest BCUT2D eigenvalue weighted by molar-refractivity contribution is 0.727. The first-order valence-electron chi connectivity index (χ1n) is 5.34. The minimum atomic E-state index is 0.828. The molecular formula is C13H14ClNS. The van der Waals surface area contributed by atoms with Crippen molar-refractivity contribution >= 4 is 22.9 Å². The van der Waals surface area contributed by atoms with Gasteiger partial charge in [0.15, 0.2) is 0 Å². The fourth-order valence-corrected chi connectivity index (χ4v) is 2.47. The third kappa shape index (κ3) is 2.64. The van der Waals surface area contributed by atoms with Gasteiger partial charge in [-0.25, -0.2) is 0 Å². The molecular weight excluding hydrogens is 238 g/mol. The number of thiophene rings is 1. The zero-order chi connectivity index (χ0) is 11.4. The van der Waals surface area contributed by atoms with Crippen LogP contribution in [0.4, 0.5) is 0 Å². The number of hydrogen-bond acceptors (Lipinski definition) is 2. The molecule has 2 aromatic rings. The molecule has 1 aromatic heterocycles. The summed E-state index contributed by atoms with van der Waals surface area (Å²) in [6.45, 7) is 3.88. The third-order valence-corrected chi connectivity index (χ3v) is 3.70. The van der Waals surface area contributed by atoms with Gasteiger partial charge < -0.3 is 5.32 Å². The molecule has 3 heteroatoms. The molecule has 16 heavy (non-hydrogen) atoms. The SMILES string of the molecule is CCNCc1cc(-c2cccs2)ccc1Cl. The first-order valence-corrected chi connectivity index (χ1v) is 6.60. The average Bonchev–Trinajstić information content (AvgIpc) is 2.81. The molecule has 2 rings (SSSR count). The maximum atomic E-state index is 6.16. The van der Waals surface area contributed by atoms with Crippen molar-refractivity contribution in [1.82, 2.24) is 5.32 Å². The second-order valence-electron chi connectivity index (χ2n) is 3.56. The summed E-state index contributed by atoms with van der Waals surface area (Å²) < 4.78 is 0. The zero-order valence-corrected chi connectivity index (χ0v) is 10.7. The quantitative estimate of drug-likeness (QED) is 0.860. The Labute approximate surface area is 105 Å². The molecule has 0 fully saturated rings. The Bertz CT molecular complexity index is 451. The van der Waals surface area contributed by atoms with Crippen molar-refractivity contribution in [1.29, 1.82) is 0 Å². The Morgan fingerprint density at radius 2 is 2.19 bits per heavy atom. The summed E-state index contributed by atoms with van der Waals surface area (Å²) in [5, 5.41) is 6.22. The molecule has 0 radical (unpaired) electrons. The first-order chi connectivity index (χ1) is 7.81. The van der Waals surface area contributed by atoms with Gasteiger partial charge in [-0.15, -0.1) is 11.3 Å². The molecule has 0 bridgehead atoms. The lowest BCUT2D eigenvalue weighted by Gasteiger charge is -2.07. The summed E-state index contributed by atoms with van der Waals surface area (Å²) in [6, 6.07) is 10.4. The summed E-state index contributed by atoms with van der Waals surface area (Å²) in [7, 11) is 0. The normalized spacial score (nSPS) is 10.6. The molecule has 1 nitrogen and oxygen atoms in total. The Hall–Kier alpha value is -0.830. The molecule has 0 aliphatic heterocycles. The highest BCUT2D eigenvalue weighted by Crippen LogP contribution is 2.28. The van der Waals surface area contributed by atoms with Crippen LogP contribution in [0.2, 0.25) is 5.02 Å². The Morgan fingerprint density at radius 1 is 1.31 bits per heavy atom. The van der Waals surface area contributed by atoms with Crippen molar-refractivity contribution in [2.24, 2.45) is 0 Å². The van der Waals surface area contributed by atoms with E-state index in [2.05, 4.69) is 41.9 Å². The minimum Gasteiger partial charge on any atom is -0.313 e. The highest BCUT2D eigenvalue weighted by molar-refractivity contribution is 7.13. The van der Waals surface area contributed by atoms with Gasteiger partial charge in [0, 0.05) is 16.4 Å². The third-order valence-electron chi connectivity index (χ3n) is 2.42. The van der Waals surface area contributed by atoms with Crippen LogP contribution in [0.15, 0.2) is 35.7 Å². The number of rotatable bonds is 4. The summed E-state index contributed by atoms with van der Waals surface area (Å²) >= 11 is 7.91. The Kier molecular flexibility index (Phi) is 3.99. The van der Waals surface area contributed by atoms with Crippen LogP contribution in [0.25, 0.3) is 10.4 Å². The van der Waals surface area contributed by atoms with Gasteiger partial charge in [0.2, 0.25) is 0 Å². The molecule has 1 N–H and O–H groups in total. The van der Waals surface area contributed by atoms with E-state index in [0.717, 1.165) is 23.7 Å². The van der Waals surface area contributed by atoms with Crippen LogP contribution in [0.3, 0.4) is 0 Å². The monoisotopic (exact) mass is 251 g/mol. The Morgan fingerprint density at radius 3 is 2.88 bits per heavy atom. The Balaban J connectivity index is 2.28. The van der Waals surface area contributed by atoms with Gasteiger partial charge in [-0.2, -0.15) is 0 Å². The fourth-order valence-electron chi connectivity index (χ4n) is 1.57. The van der Waals surface area contributed by atoms with Crippen LogP contribution in [0.1, 0.15) is 12.5 Å². The maximum absolute atomic E-state index is 6.16. The second-order valence-corrected chi connectivity index (χ2v) is 4.92. The molecule has 0 saturated heterocycles. The van der Waals surface area contributed by atoms with E-state index < -0.39 is 0 Å². The molecule has 84 valence electrons. The van der Waals surface area contributed by atoms with Crippen LogP contribution in [0, 0.1) is 0 Å². The summed E-state index contributed by atoms with van der Waals surface area (Å²) in [4.78, 5) is 1.29. The van der Waals surface area contributed by atoms with Gasteiger partial charge in [-0.05, 0) is 41.3 Å². The van der Waals surface area contributed by atoms with Gasteiger partial charge >= 0.3 is 0 Å². The first kappa shape index (κ1) is 11.6. The van der Waals surface area contributed by atoms with Crippen LogP contribution >= 0.6 is 22.9 Å². The summed E-state index contributed by atoms with van der Waals surface area (Å²) in [5.41, 5.74) is 2.40. The van der Waals surface area contributed by atoms with Crippen LogP contribution in [-0.2, 0) is 6.54 Å². The van der Waals surface area contributed by atoms with E-state index in [-0.39, 0.29) is 0 Å². The number of halogens is 1. The molecule has 0 aliphatic rings. The van der Waals surface area contributed by atoms with E-state index in [0.29, 0.717) is 0 Å². The molecule has 0 saturated carbocycles. The standard InChI is InChI=1S/C13H14ClNS/c1-2-15-9-11-8-10(5-6-12(11)14)13-4-3-7-16-13/h3-8,15H,2,9H2,1H3. The van der Waals surface area contributed by atoms with E-state index in [1.54, 1.807) is 11.3 Å². The highest BCUT2D eigenvalue weighted by atomic mass is 35.5. The van der Waals surface area contributed by atoms with Crippen molar-refractivity contribution in [2.75, 3.05) is 6.54 Å². The highest BCUT2D eigenvalue weighted by Gasteiger charge is 2.04. The number of nitrogens with one attached hydrogen (secondary N) is 1. The summed E-state index contributed by atoms with van der Waals surface area (Å²) in [6.07, 6.45) is 0. The molecule has 0 amide bonds. The molecule has 1 heterocycles. The molecule has 0 spiro atoms. The number of hydrogen-bond donors (Lipinski definition) is 1. The van der Waals surface area contributed by atoms with Crippen molar-refractivity contribution in [3.8, 4) is 10.4 Å². The van der Waals surface area contributed by atoms with E-state index in [4.69, 9.17) is 11.6 Å². The minimum absolute atomic E-state index is 0.828. The van der Waals surface area contributed by atoms with Gasteiger partial charge in [0.05, 0.1) is 0 Å². The molecule has 0 unspecified atom stereocenters. The van der Waals surface area contributed by atoms with Gasteiger partial charge in [0.1, 0.15) is 0 Å². The number of benzene rings is 1. The van der Waals surface area contributed by atoms with Crippen molar-refractivity contribution < 1.29 is 0 Å². The predicted molar refractivity (Wildman–Crippen MR) is 72.1 cm³/mol. The van der Waals surface area contributed by atoms with Crippen LogP contribution in [0.5, 0.6) is 0 Å². The second kappa shape index (κ2) is 5.48. The molecule has 0 atom stereocenters. The van der Waals surface area contributed by atoms with E-state index in [1.807, 2.05) is 6.07 Å². The summed E-state index contributed by atoms with van der Waals surface area (Å²) in [5.74, 6) is 0. The lowest BCUT2D eigenvalue weighted by atomic mass is 10.1. The van der Waals surface area contributed by atoms with E-state index >= 15 is 0 Å². The molecule has 1 aromatic carbocycles. The largest absolute Gasteiger partial charge is 0.313 e. The van der Waals surface area contributed by atoms with Gasteiger partial charge in [-0.3, -0.25) is 0 Å². The van der Waals surface area contributed by atoms with Crippen molar-refractivity contribution in [2.45, 2.75) is 13.5 Å². The van der Waals surface area contributed by atoms with Crippen LogP contribution < -0.4 is 5.32 Å². The fraction of sp³-hybridized carbons (Fsp3) is 0.231. The zero-order valence-electron chi connectivity index (χ0n) is 9.16. The predicted octanol–water partition coefficient (Wildman–Crippen LogP) is 4.18. The molecule has 0 aliphatic carbocycles. The van der Waals surface area contributed by atoms with E-state index in [9.17, 15) is 0 Å². The van der Waals surface area contributed by atoms with Crippen molar-refractivity contribution in [3.63, 3.8) is 0 Å². The van der Waals surface area contributed by atoms with Crippen LogP contribution in [-0.4, -0.2) is 6.54 Å². The lowest BCUT2D eigenvalue weighted by Crippen LogP contribution is -2.12.